The fraction of sp³-hybridized carbons (Fsp3) is 0.333. The molecule has 2 aromatic carbocycles. The molecular formula is C21H24BrN3O2S. The van der Waals surface area contributed by atoms with Gasteiger partial charge in [0.05, 0.1) is 18.6 Å². The second-order valence-electron chi connectivity index (χ2n) is 6.88. The first-order chi connectivity index (χ1) is 13.6. The highest BCUT2D eigenvalue weighted by molar-refractivity contribution is 9.10. The minimum atomic E-state index is -0.263. The Morgan fingerprint density at radius 1 is 1.18 bits per heavy atom. The highest BCUT2D eigenvalue weighted by Gasteiger charge is 2.40. The molecule has 0 aliphatic heterocycles. The van der Waals surface area contributed by atoms with Crippen molar-refractivity contribution in [1.29, 1.82) is 0 Å². The molecule has 0 heterocycles. The number of nitrogens with one attached hydrogen (secondary N) is 3. The van der Waals surface area contributed by atoms with E-state index in [9.17, 15) is 4.79 Å². The molecule has 3 N–H and O–H groups in total. The summed E-state index contributed by atoms with van der Waals surface area (Å²) in [5, 5.41) is 3.16. The highest BCUT2D eigenvalue weighted by atomic mass is 79.9. The first-order valence-electron chi connectivity index (χ1n) is 9.25. The minimum Gasteiger partial charge on any atom is -0.374 e. The van der Waals surface area contributed by atoms with Gasteiger partial charge in [0.2, 0.25) is 5.91 Å². The van der Waals surface area contributed by atoms with Crippen molar-refractivity contribution in [2.75, 3.05) is 7.05 Å². The number of hydrogen-bond acceptors (Lipinski definition) is 3. The van der Waals surface area contributed by atoms with Crippen molar-refractivity contribution < 1.29 is 9.53 Å². The number of hydrazine groups is 1. The van der Waals surface area contributed by atoms with Crippen LogP contribution >= 0.6 is 28.1 Å². The van der Waals surface area contributed by atoms with Gasteiger partial charge in [0, 0.05) is 11.5 Å². The van der Waals surface area contributed by atoms with E-state index in [1.807, 2.05) is 42.5 Å². The number of benzene rings is 2. The zero-order valence-electron chi connectivity index (χ0n) is 15.7. The molecule has 0 aromatic heterocycles. The van der Waals surface area contributed by atoms with E-state index in [1.54, 1.807) is 7.05 Å². The van der Waals surface area contributed by atoms with Gasteiger partial charge >= 0.3 is 0 Å². The summed E-state index contributed by atoms with van der Waals surface area (Å²) in [5.74, 6) is -0.136. The van der Waals surface area contributed by atoms with E-state index >= 15 is 0 Å². The summed E-state index contributed by atoms with van der Waals surface area (Å²) in [6.45, 7) is 0.601. The van der Waals surface area contributed by atoms with Crippen LogP contribution in [0.3, 0.4) is 0 Å². The van der Waals surface area contributed by atoms with Gasteiger partial charge in [0.1, 0.15) is 0 Å². The van der Waals surface area contributed by atoms with Gasteiger partial charge < -0.3 is 10.1 Å². The smallest absolute Gasteiger partial charge is 0.246 e. The zero-order chi connectivity index (χ0) is 19.9. The molecule has 148 valence electrons. The van der Waals surface area contributed by atoms with E-state index in [4.69, 9.17) is 17.0 Å². The van der Waals surface area contributed by atoms with Gasteiger partial charge in [0.15, 0.2) is 5.11 Å². The Labute approximate surface area is 179 Å². The molecular weight excluding hydrogens is 438 g/mol. The quantitative estimate of drug-likeness (QED) is 0.452. The van der Waals surface area contributed by atoms with Gasteiger partial charge in [-0.1, -0.05) is 58.4 Å². The fourth-order valence-corrected chi connectivity index (χ4v) is 3.87. The predicted octanol–water partition coefficient (Wildman–Crippen LogP) is 3.65. The van der Waals surface area contributed by atoms with Crippen LogP contribution in [0, 0.1) is 5.92 Å². The van der Waals surface area contributed by atoms with Crippen molar-refractivity contribution in [3.8, 4) is 0 Å². The highest BCUT2D eigenvalue weighted by Crippen LogP contribution is 2.42. The molecule has 1 saturated carbocycles. The van der Waals surface area contributed by atoms with E-state index in [0.717, 1.165) is 28.4 Å². The number of amides is 1. The molecule has 1 aliphatic rings. The van der Waals surface area contributed by atoms with E-state index in [1.165, 1.54) is 0 Å². The second-order valence-corrected chi connectivity index (χ2v) is 8.20. The van der Waals surface area contributed by atoms with E-state index in [0.29, 0.717) is 11.7 Å². The Bertz CT molecular complexity index is 812. The largest absolute Gasteiger partial charge is 0.374 e. The molecule has 0 spiro atoms. The van der Waals surface area contributed by atoms with Crippen LogP contribution in [-0.4, -0.2) is 24.2 Å². The van der Waals surface area contributed by atoms with Gasteiger partial charge in [0.25, 0.3) is 0 Å². The number of hydrogen-bond donors (Lipinski definition) is 3. The summed E-state index contributed by atoms with van der Waals surface area (Å²) in [7, 11) is 1.70. The molecule has 1 atom stereocenters. The topological polar surface area (TPSA) is 62.4 Å². The molecule has 7 heteroatoms. The molecule has 1 fully saturated rings. The Kier molecular flexibility index (Phi) is 7.42. The predicted molar refractivity (Wildman–Crippen MR) is 118 cm³/mol. The number of rotatable bonds is 6. The first kappa shape index (κ1) is 20.8. The monoisotopic (exact) mass is 461 g/mol. The molecule has 28 heavy (non-hydrogen) atoms. The lowest BCUT2D eigenvalue weighted by Crippen LogP contribution is -2.50. The minimum absolute atomic E-state index is 0.0952. The molecule has 0 bridgehead atoms. The SMILES string of the molecule is CNC(=S)NNC(=O)C(c1cccc(Br)c1)C1CC(OCc2ccccc2)C1. The summed E-state index contributed by atoms with van der Waals surface area (Å²) in [5.41, 5.74) is 7.61. The van der Waals surface area contributed by atoms with Crippen molar-refractivity contribution in [1.82, 2.24) is 16.2 Å². The summed E-state index contributed by atoms with van der Waals surface area (Å²) < 4.78 is 6.97. The van der Waals surface area contributed by atoms with Gasteiger partial charge in [-0.25, -0.2) is 0 Å². The average Bonchev–Trinajstić information content (AvgIpc) is 2.68. The van der Waals surface area contributed by atoms with Gasteiger partial charge in [-0.3, -0.25) is 15.6 Å². The van der Waals surface area contributed by atoms with Crippen molar-refractivity contribution in [3.63, 3.8) is 0 Å². The van der Waals surface area contributed by atoms with Gasteiger partial charge in [-0.05, 0) is 54.2 Å². The fourth-order valence-electron chi connectivity index (χ4n) is 3.40. The van der Waals surface area contributed by atoms with Crippen LogP contribution in [0.2, 0.25) is 0 Å². The van der Waals surface area contributed by atoms with Crippen molar-refractivity contribution in [2.24, 2.45) is 5.92 Å². The summed E-state index contributed by atoms with van der Waals surface area (Å²) in [6.07, 6.45) is 1.89. The molecule has 1 amide bonds. The van der Waals surface area contributed by atoms with Crippen LogP contribution in [0.4, 0.5) is 0 Å². The molecule has 2 aromatic rings. The lowest BCUT2D eigenvalue weighted by Gasteiger charge is -2.39. The second kappa shape index (κ2) is 10.0. The van der Waals surface area contributed by atoms with E-state index in [-0.39, 0.29) is 23.8 Å². The third-order valence-electron chi connectivity index (χ3n) is 4.95. The Morgan fingerprint density at radius 2 is 1.93 bits per heavy atom. The Hall–Kier alpha value is -1.96. The third kappa shape index (κ3) is 5.53. The van der Waals surface area contributed by atoms with Crippen LogP contribution in [0.15, 0.2) is 59.1 Å². The van der Waals surface area contributed by atoms with Gasteiger partial charge in [-0.2, -0.15) is 0 Å². The molecule has 5 nitrogen and oxygen atoms in total. The lowest BCUT2D eigenvalue weighted by molar-refractivity contribution is -0.127. The zero-order valence-corrected chi connectivity index (χ0v) is 18.1. The third-order valence-corrected chi connectivity index (χ3v) is 5.75. The summed E-state index contributed by atoms with van der Waals surface area (Å²) >= 11 is 8.54. The molecule has 0 saturated heterocycles. The van der Waals surface area contributed by atoms with Crippen LogP contribution in [0.1, 0.15) is 29.9 Å². The number of halogens is 1. The number of carbonyl (C=O) groups excluding carboxylic acids is 1. The molecule has 0 radical (unpaired) electrons. The number of thiocarbonyl (C=S) groups is 1. The summed E-state index contributed by atoms with van der Waals surface area (Å²) in [6, 6.07) is 18.0. The van der Waals surface area contributed by atoms with Crippen molar-refractivity contribution in [3.05, 3.63) is 70.2 Å². The van der Waals surface area contributed by atoms with E-state index in [2.05, 4.69) is 44.2 Å². The Morgan fingerprint density at radius 3 is 2.61 bits per heavy atom. The number of ether oxygens (including phenoxy) is 1. The molecule has 1 unspecified atom stereocenters. The van der Waals surface area contributed by atoms with Gasteiger partial charge in [-0.15, -0.1) is 0 Å². The Balaban J connectivity index is 1.61. The van der Waals surface area contributed by atoms with Crippen LogP contribution in [0.25, 0.3) is 0 Å². The summed E-state index contributed by atoms with van der Waals surface area (Å²) in [4.78, 5) is 12.9. The van der Waals surface area contributed by atoms with Crippen LogP contribution < -0.4 is 16.2 Å². The molecule has 1 aliphatic carbocycles. The first-order valence-corrected chi connectivity index (χ1v) is 10.5. The van der Waals surface area contributed by atoms with E-state index < -0.39 is 0 Å². The van der Waals surface area contributed by atoms with Crippen molar-refractivity contribution >= 4 is 39.2 Å². The van der Waals surface area contributed by atoms with Crippen LogP contribution in [-0.2, 0) is 16.1 Å². The maximum Gasteiger partial charge on any atom is 0.246 e. The maximum atomic E-state index is 12.9. The number of carbonyl (C=O) groups is 1. The normalized spacial score (nSPS) is 19.2. The molecule has 3 rings (SSSR count). The lowest BCUT2D eigenvalue weighted by atomic mass is 9.71. The standard InChI is InChI=1S/C21H24BrN3O2S/c1-23-21(28)25-24-20(26)19(15-8-5-9-17(22)10-15)16-11-18(12-16)27-13-14-6-3-2-4-7-14/h2-10,16,18-19H,11-13H2,1H3,(H,24,26)(H2,23,25,28). The van der Waals surface area contributed by atoms with Crippen LogP contribution in [0.5, 0.6) is 0 Å². The van der Waals surface area contributed by atoms with Crippen molar-refractivity contribution in [2.45, 2.75) is 31.5 Å². The average molecular weight is 462 g/mol. The maximum absolute atomic E-state index is 12.9.